The molecule has 2 heterocycles. The van der Waals surface area contributed by atoms with Crippen LogP contribution in [0.3, 0.4) is 0 Å². The van der Waals surface area contributed by atoms with Gasteiger partial charge in [-0.1, -0.05) is 90.5 Å². The van der Waals surface area contributed by atoms with Crippen LogP contribution in [0.25, 0.3) is 22.2 Å². The van der Waals surface area contributed by atoms with Crippen LogP contribution in [0.1, 0.15) is 33.1 Å². The first kappa shape index (κ1) is 20.8. The minimum absolute atomic E-state index is 0.0869. The maximum atomic E-state index is 13.7. The van der Waals surface area contributed by atoms with Gasteiger partial charge in [0.15, 0.2) is 0 Å². The average Bonchev–Trinajstić information content (AvgIpc) is 3.39. The number of aromatic nitrogens is 1. The molecule has 1 aromatic heterocycles. The van der Waals surface area contributed by atoms with E-state index in [-0.39, 0.29) is 11.9 Å². The Morgan fingerprint density at radius 3 is 2.32 bits per heavy atom. The summed E-state index contributed by atoms with van der Waals surface area (Å²) in [4.78, 5) is 19.3. The summed E-state index contributed by atoms with van der Waals surface area (Å²) in [5.74, 6) is 0.0869. The number of aromatic amines is 1. The van der Waals surface area contributed by atoms with Crippen LogP contribution in [0.4, 0.5) is 0 Å². The van der Waals surface area contributed by atoms with Gasteiger partial charge >= 0.3 is 0 Å². The maximum Gasteiger partial charge on any atom is 0.255 e. The van der Waals surface area contributed by atoms with Gasteiger partial charge < -0.3 is 9.88 Å². The Bertz CT molecular complexity index is 1490. The van der Waals surface area contributed by atoms with Gasteiger partial charge in [-0.25, -0.2) is 0 Å². The van der Waals surface area contributed by atoms with Crippen molar-refractivity contribution < 1.29 is 4.79 Å². The van der Waals surface area contributed by atoms with Crippen LogP contribution in [-0.4, -0.2) is 22.3 Å². The molecular weight excluding hydrogens is 440 g/mol. The molecule has 0 saturated carbocycles. The van der Waals surface area contributed by atoms with Crippen LogP contribution in [0.5, 0.6) is 0 Å². The van der Waals surface area contributed by atoms with Crippen molar-refractivity contribution in [1.29, 1.82) is 0 Å². The van der Waals surface area contributed by atoms with Crippen LogP contribution in [0.2, 0.25) is 5.02 Å². The van der Waals surface area contributed by atoms with E-state index in [2.05, 4.69) is 41.4 Å². The Morgan fingerprint density at radius 1 is 0.794 bits per heavy atom. The molecule has 0 saturated heterocycles. The number of hydrogen-bond donors (Lipinski definition) is 1. The molecule has 0 fully saturated rings. The summed E-state index contributed by atoms with van der Waals surface area (Å²) in [6, 6.07) is 34.4. The lowest BCUT2D eigenvalue weighted by Gasteiger charge is -2.27. The van der Waals surface area contributed by atoms with E-state index in [1.165, 1.54) is 5.56 Å². The zero-order chi connectivity index (χ0) is 23.1. The highest BCUT2D eigenvalue weighted by atomic mass is 35.5. The number of rotatable bonds is 5. The lowest BCUT2D eigenvalue weighted by Crippen LogP contribution is -2.31. The topological polar surface area (TPSA) is 36.1 Å². The van der Waals surface area contributed by atoms with Crippen LogP contribution in [0.15, 0.2) is 103 Å². The predicted molar refractivity (Wildman–Crippen MR) is 138 cm³/mol. The van der Waals surface area contributed by atoms with Crippen LogP contribution >= 0.6 is 11.6 Å². The molecule has 0 radical (unpaired) electrons. The van der Waals surface area contributed by atoms with Crippen molar-refractivity contribution in [3.8, 4) is 11.3 Å². The second-order valence-corrected chi connectivity index (χ2v) is 9.13. The minimum Gasteiger partial charge on any atom is -0.354 e. The lowest BCUT2D eigenvalue weighted by molar-refractivity contribution is 0.0753. The SMILES string of the molecule is O=C1c2ccccc2[C@@H](c2c(-c3ccc(Cl)cc3)[nH]c3ccccc23)N1CCc1ccccc1. The van der Waals surface area contributed by atoms with Gasteiger partial charge in [-0.3, -0.25) is 4.79 Å². The molecule has 1 atom stereocenters. The predicted octanol–water partition coefficient (Wildman–Crippen LogP) is 7.28. The van der Waals surface area contributed by atoms with Crippen molar-refractivity contribution in [3.05, 3.63) is 130 Å². The summed E-state index contributed by atoms with van der Waals surface area (Å²) in [6.07, 6.45) is 0.801. The summed E-state index contributed by atoms with van der Waals surface area (Å²) < 4.78 is 0. The second-order valence-electron chi connectivity index (χ2n) is 8.69. The molecule has 1 N–H and O–H groups in total. The van der Waals surface area contributed by atoms with Crippen molar-refractivity contribution in [2.45, 2.75) is 12.5 Å². The number of carbonyl (C=O) groups is 1. The van der Waals surface area contributed by atoms with E-state index < -0.39 is 0 Å². The molecule has 1 aliphatic rings. The molecule has 5 aromatic rings. The van der Waals surface area contributed by atoms with Gasteiger partial charge in [0.05, 0.1) is 11.7 Å². The molecule has 166 valence electrons. The molecule has 1 aliphatic heterocycles. The Labute approximate surface area is 203 Å². The first-order valence-electron chi connectivity index (χ1n) is 11.5. The third-order valence-corrected chi connectivity index (χ3v) is 6.95. The smallest absolute Gasteiger partial charge is 0.255 e. The highest BCUT2D eigenvalue weighted by Crippen LogP contribution is 2.45. The summed E-state index contributed by atoms with van der Waals surface area (Å²) in [7, 11) is 0. The van der Waals surface area contributed by atoms with Gasteiger partial charge in [-0.2, -0.15) is 0 Å². The van der Waals surface area contributed by atoms with Crippen molar-refractivity contribution >= 4 is 28.4 Å². The number of nitrogens with one attached hydrogen (secondary N) is 1. The molecule has 0 bridgehead atoms. The molecule has 3 nitrogen and oxygen atoms in total. The van der Waals surface area contributed by atoms with Gasteiger partial charge in [0.1, 0.15) is 0 Å². The van der Waals surface area contributed by atoms with Crippen molar-refractivity contribution in [2.24, 2.45) is 0 Å². The molecule has 6 rings (SSSR count). The minimum atomic E-state index is -0.172. The van der Waals surface area contributed by atoms with E-state index in [1.54, 1.807) is 0 Å². The first-order valence-corrected chi connectivity index (χ1v) is 11.9. The molecule has 4 heteroatoms. The highest BCUT2D eigenvalue weighted by molar-refractivity contribution is 6.30. The number of fused-ring (bicyclic) bond motifs is 2. The summed E-state index contributed by atoms with van der Waals surface area (Å²) in [6.45, 7) is 0.641. The van der Waals surface area contributed by atoms with Gasteiger partial charge in [0, 0.05) is 33.6 Å². The molecule has 1 amide bonds. The zero-order valence-electron chi connectivity index (χ0n) is 18.5. The second kappa shape index (κ2) is 8.51. The number of nitrogens with zero attached hydrogens (tertiary/aromatic N) is 1. The Morgan fingerprint density at radius 2 is 1.50 bits per heavy atom. The molecule has 34 heavy (non-hydrogen) atoms. The van der Waals surface area contributed by atoms with Crippen molar-refractivity contribution in [3.63, 3.8) is 0 Å². The summed E-state index contributed by atoms with van der Waals surface area (Å²) in [5.41, 5.74) is 7.33. The van der Waals surface area contributed by atoms with Gasteiger partial charge in [0.25, 0.3) is 5.91 Å². The van der Waals surface area contributed by atoms with Crippen molar-refractivity contribution in [1.82, 2.24) is 9.88 Å². The van der Waals surface area contributed by atoms with Crippen LogP contribution < -0.4 is 0 Å². The molecule has 0 unspecified atom stereocenters. The quantitative estimate of drug-likeness (QED) is 0.293. The van der Waals surface area contributed by atoms with E-state index in [4.69, 9.17) is 11.6 Å². The van der Waals surface area contributed by atoms with Crippen LogP contribution in [0, 0.1) is 0 Å². The fourth-order valence-corrected chi connectivity index (χ4v) is 5.22. The molecule has 0 spiro atoms. The third-order valence-electron chi connectivity index (χ3n) is 6.70. The first-order chi connectivity index (χ1) is 16.7. The Hall–Kier alpha value is -3.82. The number of hydrogen-bond acceptors (Lipinski definition) is 1. The van der Waals surface area contributed by atoms with E-state index in [0.29, 0.717) is 11.6 Å². The van der Waals surface area contributed by atoms with Crippen LogP contribution in [-0.2, 0) is 6.42 Å². The monoisotopic (exact) mass is 462 g/mol. The largest absolute Gasteiger partial charge is 0.354 e. The lowest BCUT2D eigenvalue weighted by atomic mass is 9.93. The fourth-order valence-electron chi connectivity index (χ4n) is 5.10. The fraction of sp³-hybridized carbons (Fsp3) is 0.100. The number of halogens is 1. The number of H-pyrrole nitrogens is 1. The molecule has 4 aromatic carbocycles. The maximum absolute atomic E-state index is 13.7. The summed E-state index contributed by atoms with van der Waals surface area (Å²) in [5, 5.41) is 1.83. The molecular formula is C30H23ClN2O. The highest BCUT2D eigenvalue weighted by Gasteiger charge is 2.39. The number of para-hydroxylation sites is 1. The normalized spacial score (nSPS) is 15.1. The third kappa shape index (κ3) is 3.49. The number of amides is 1. The zero-order valence-corrected chi connectivity index (χ0v) is 19.3. The van der Waals surface area contributed by atoms with E-state index in [0.717, 1.165) is 45.3 Å². The standard InChI is InChI=1S/C30H23ClN2O/c31-22-16-14-21(15-17-22)28-27(25-12-6-7-13-26(25)32-28)29-23-10-4-5-11-24(23)30(34)33(29)19-18-20-8-2-1-3-9-20/h1-17,29,32H,18-19H2/t29-/m0/s1. The Kier molecular flexibility index (Phi) is 5.20. The van der Waals surface area contributed by atoms with E-state index >= 15 is 0 Å². The number of benzene rings is 4. The average molecular weight is 463 g/mol. The Balaban J connectivity index is 1.53. The van der Waals surface area contributed by atoms with Crippen molar-refractivity contribution in [2.75, 3.05) is 6.54 Å². The van der Waals surface area contributed by atoms with E-state index in [9.17, 15) is 4.79 Å². The molecule has 0 aliphatic carbocycles. The van der Waals surface area contributed by atoms with Gasteiger partial charge in [0.2, 0.25) is 0 Å². The summed E-state index contributed by atoms with van der Waals surface area (Å²) >= 11 is 6.19. The van der Waals surface area contributed by atoms with Gasteiger partial charge in [-0.05, 0) is 47.4 Å². The number of carbonyl (C=O) groups excluding carboxylic acids is 1. The van der Waals surface area contributed by atoms with E-state index in [1.807, 2.05) is 71.6 Å². The van der Waals surface area contributed by atoms with Gasteiger partial charge in [-0.15, -0.1) is 0 Å².